The Labute approximate surface area is 211 Å². The summed E-state index contributed by atoms with van der Waals surface area (Å²) in [4.78, 5) is 27.5. The number of carbonyl (C=O) groups excluding carboxylic acids is 1. The fourth-order valence-electron chi connectivity index (χ4n) is 5.62. The van der Waals surface area contributed by atoms with Gasteiger partial charge in [0.05, 0.1) is 11.7 Å². The van der Waals surface area contributed by atoms with E-state index in [1.807, 2.05) is 39.7 Å². The van der Waals surface area contributed by atoms with Crippen molar-refractivity contribution in [1.29, 1.82) is 0 Å². The number of hydrogen-bond acceptors (Lipinski definition) is 5. The zero-order valence-corrected chi connectivity index (χ0v) is 21.0. The predicted molar refractivity (Wildman–Crippen MR) is 141 cm³/mol. The van der Waals surface area contributed by atoms with Crippen molar-refractivity contribution in [3.63, 3.8) is 0 Å². The molecule has 0 unspecified atom stereocenters. The molecule has 7 nitrogen and oxygen atoms in total. The van der Waals surface area contributed by atoms with Crippen molar-refractivity contribution in [2.24, 2.45) is 5.92 Å². The third-order valence-electron chi connectivity index (χ3n) is 7.54. The smallest absolute Gasteiger partial charge is 0.273 e. The molecule has 2 saturated heterocycles. The standard InChI is InChI=1S/C29H32N6O/c1-20-12-15-33(18-20)28-21(2)19-35-27(31-28)17-24(32-35)26-10-6-7-14-34(26)29(36)25-16-23(11-13-30-25)22-8-4-3-5-9-22/h3-5,8-9,11,13,16-17,19-20,26H,6-7,10,12,14-15,18H2,1-2H3/t20-,26-/m0/s1. The highest BCUT2D eigenvalue weighted by Gasteiger charge is 2.32. The number of amides is 1. The number of rotatable bonds is 4. The largest absolute Gasteiger partial charge is 0.356 e. The Morgan fingerprint density at radius 3 is 2.67 bits per heavy atom. The van der Waals surface area contributed by atoms with E-state index in [4.69, 9.17) is 10.1 Å². The summed E-state index contributed by atoms with van der Waals surface area (Å²) in [5, 5.41) is 4.89. The maximum absolute atomic E-state index is 13.7. The highest BCUT2D eigenvalue weighted by Crippen LogP contribution is 2.33. The van der Waals surface area contributed by atoms with Gasteiger partial charge in [-0.05, 0) is 61.8 Å². The lowest BCUT2D eigenvalue weighted by atomic mass is 9.98. The Kier molecular flexibility index (Phi) is 5.91. The van der Waals surface area contributed by atoms with E-state index in [1.165, 1.54) is 6.42 Å². The van der Waals surface area contributed by atoms with Crippen LogP contribution in [0.15, 0.2) is 60.9 Å². The molecule has 5 heterocycles. The summed E-state index contributed by atoms with van der Waals surface area (Å²) in [6, 6.07) is 16.0. The summed E-state index contributed by atoms with van der Waals surface area (Å²) in [6.45, 7) is 7.20. The number of likely N-dealkylation sites (tertiary alicyclic amines) is 1. The third kappa shape index (κ3) is 4.23. The topological polar surface area (TPSA) is 66.6 Å². The Morgan fingerprint density at radius 2 is 1.86 bits per heavy atom. The number of pyridine rings is 1. The molecule has 6 rings (SSSR count). The van der Waals surface area contributed by atoms with Crippen molar-refractivity contribution < 1.29 is 4.79 Å². The Hall–Kier alpha value is -3.74. The lowest BCUT2D eigenvalue weighted by molar-refractivity contribution is 0.0599. The van der Waals surface area contributed by atoms with Crippen LogP contribution in [0.5, 0.6) is 0 Å². The fourth-order valence-corrected chi connectivity index (χ4v) is 5.62. The van der Waals surface area contributed by atoms with Gasteiger partial charge in [-0.3, -0.25) is 9.78 Å². The van der Waals surface area contributed by atoms with Crippen LogP contribution in [0.1, 0.15) is 60.4 Å². The van der Waals surface area contributed by atoms with Gasteiger partial charge in [0, 0.05) is 43.7 Å². The molecule has 4 aromatic rings. The van der Waals surface area contributed by atoms with Gasteiger partial charge >= 0.3 is 0 Å². The highest BCUT2D eigenvalue weighted by atomic mass is 16.2. The van der Waals surface area contributed by atoms with Gasteiger partial charge in [-0.1, -0.05) is 37.3 Å². The number of benzene rings is 1. The maximum Gasteiger partial charge on any atom is 0.273 e. The average molecular weight is 481 g/mol. The van der Waals surface area contributed by atoms with Crippen molar-refractivity contribution >= 4 is 17.4 Å². The first-order valence-electron chi connectivity index (χ1n) is 13.0. The number of carbonyl (C=O) groups is 1. The minimum Gasteiger partial charge on any atom is -0.356 e. The minimum atomic E-state index is -0.0781. The van der Waals surface area contributed by atoms with E-state index in [1.54, 1.807) is 6.20 Å². The van der Waals surface area contributed by atoms with E-state index in [9.17, 15) is 4.79 Å². The van der Waals surface area contributed by atoms with E-state index in [2.05, 4.69) is 48.1 Å². The molecule has 1 aromatic carbocycles. The molecule has 0 aliphatic carbocycles. The molecule has 2 fully saturated rings. The molecule has 0 N–H and O–H groups in total. The fraction of sp³-hybridized carbons (Fsp3) is 0.379. The van der Waals surface area contributed by atoms with Crippen LogP contribution in [0.4, 0.5) is 5.82 Å². The van der Waals surface area contributed by atoms with E-state index >= 15 is 0 Å². The summed E-state index contributed by atoms with van der Waals surface area (Å²) >= 11 is 0. The molecule has 184 valence electrons. The summed E-state index contributed by atoms with van der Waals surface area (Å²) in [5.41, 5.74) is 5.43. The molecule has 1 amide bonds. The van der Waals surface area contributed by atoms with Crippen molar-refractivity contribution in [2.75, 3.05) is 24.5 Å². The molecule has 2 aliphatic rings. The van der Waals surface area contributed by atoms with Crippen LogP contribution in [-0.4, -0.2) is 50.0 Å². The molecular formula is C29H32N6O. The van der Waals surface area contributed by atoms with Crippen molar-refractivity contribution in [1.82, 2.24) is 24.5 Å². The second-order valence-corrected chi connectivity index (χ2v) is 10.3. The molecule has 2 atom stereocenters. The zero-order chi connectivity index (χ0) is 24.6. The Bertz CT molecular complexity index is 1400. The summed E-state index contributed by atoms with van der Waals surface area (Å²) in [7, 11) is 0. The van der Waals surface area contributed by atoms with Gasteiger partial charge in [0.15, 0.2) is 5.65 Å². The van der Waals surface area contributed by atoms with Gasteiger partial charge in [-0.15, -0.1) is 0 Å². The lowest BCUT2D eigenvalue weighted by Gasteiger charge is -2.34. The van der Waals surface area contributed by atoms with Gasteiger partial charge in [-0.25, -0.2) is 9.50 Å². The molecule has 0 radical (unpaired) electrons. The molecule has 0 spiro atoms. The third-order valence-corrected chi connectivity index (χ3v) is 7.54. The van der Waals surface area contributed by atoms with Crippen LogP contribution in [0.3, 0.4) is 0 Å². The molecule has 2 aliphatic heterocycles. The van der Waals surface area contributed by atoms with Crippen molar-refractivity contribution in [3.8, 4) is 11.1 Å². The van der Waals surface area contributed by atoms with Gasteiger partial charge in [0.2, 0.25) is 0 Å². The second kappa shape index (κ2) is 9.37. The van der Waals surface area contributed by atoms with E-state index in [0.717, 1.165) is 66.2 Å². The van der Waals surface area contributed by atoms with E-state index < -0.39 is 0 Å². The Balaban J connectivity index is 1.30. The molecular weight excluding hydrogens is 448 g/mol. The number of aromatic nitrogens is 4. The molecule has 0 saturated carbocycles. The lowest BCUT2D eigenvalue weighted by Crippen LogP contribution is -2.39. The Morgan fingerprint density at radius 1 is 1.00 bits per heavy atom. The van der Waals surface area contributed by atoms with Gasteiger partial charge < -0.3 is 9.80 Å². The highest BCUT2D eigenvalue weighted by molar-refractivity contribution is 5.94. The van der Waals surface area contributed by atoms with Crippen LogP contribution in [-0.2, 0) is 0 Å². The summed E-state index contributed by atoms with van der Waals surface area (Å²) in [6.07, 6.45) is 7.96. The number of aryl methyl sites for hydroxylation is 1. The first-order chi connectivity index (χ1) is 17.6. The van der Waals surface area contributed by atoms with E-state index in [0.29, 0.717) is 18.2 Å². The normalized spacial score (nSPS) is 20.3. The minimum absolute atomic E-state index is 0.0366. The molecule has 0 bridgehead atoms. The van der Waals surface area contributed by atoms with Crippen LogP contribution < -0.4 is 4.90 Å². The number of hydrogen-bond donors (Lipinski definition) is 0. The van der Waals surface area contributed by atoms with Crippen LogP contribution in [0.25, 0.3) is 16.8 Å². The van der Waals surface area contributed by atoms with Crippen molar-refractivity contribution in [3.05, 3.63) is 77.9 Å². The van der Waals surface area contributed by atoms with Gasteiger partial charge in [-0.2, -0.15) is 5.10 Å². The quantitative estimate of drug-likeness (QED) is 0.396. The number of fused-ring (bicyclic) bond motifs is 1. The number of anilines is 1. The molecule has 36 heavy (non-hydrogen) atoms. The predicted octanol–water partition coefficient (Wildman–Crippen LogP) is 5.31. The average Bonchev–Trinajstić information content (AvgIpc) is 3.54. The van der Waals surface area contributed by atoms with Crippen molar-refractivity contribution in [2.45, 2.75) is 45.6 Å². The number of nitrogens with zero attached hydrogens (tertiary/aromatic N) is 6. The molecule has 7 heteroatoms. The monoisotopic (exact) mass is 480 g/mol. The van der Waals surface area contributed by atoms with Crippen LogP contribution in [0.2, 0.25) is 0 Å². The SMILES string of the molecule is Cc1cn2nc([C@@H]3CCCCN3C(=O)c3cc(-c4ccccc4)ccn3)cc2nc1N1CC[C@H](C)C1. The van der Waals surface area contributed by atoms with Gasteiger partial charge in [0.25, 0.3) is 5.91 Å². The molecule has 3 aromatic heterocycles. The summed E-state index contributed by atoms with van der Waals surface area (Å²) < 4.78 is 1.87. The van der Waals surface area contributed by atoms with Crippen LogP contribution in [0, 0.1) is 12.8 Å². The first kappa shape index (κ1) is 22.7. The summed E-state index contributed by atoms with van der Waals surface area (Å²) in [5.74, 6) is 1.71. The van der Waals surface area contributed by atoms with Crippen LogP contribution >= 0.6 is 0 Å². The number of piperidine rings is 1. The van der Waals surface area contributed by atoms with Gasteiger partial charge in [0.1, 0.15) is 11.5 Å². The van der Waals surface area contributed by atoms with E-state index in [-0.39, 0.29) is 11.9 Å². The zero-order valence-electron chi connectivity index (χ0n) is 21.0. The first-order valence-corrected chi connectivity index (χ1v) is 13.0. The second-order valence-electron chi connectivity index (χ2n) is 10.3. The maximum atomic E-state index is 13.7.